The van der Waals surface area contributed by atoms with Crippen molar-refractivity contribution in [3.8, 4) is 0 Å². The molecule has 0 fully saturated rings. The van der Waals surface area contributed by atoms with E-state index in [0.717, 1.165) is 46.0 Å². The summed E-state index contributed by atoms with van der Waals surface area (Å²) in [6, 6.07) is 9.15. The monoisotopic (exact) mass is 414 g/mol. The van der Waals surface area contributed by atoms with Crippen LogP contribution in [-0.4, -0.2) is 27.1 Å². The molecule has 0 aromatic heterocycles. The number of amides is 1. The lowest BCUT2D eigenvalue weighted by Gasteiger charge is -2.23. The quantitative estimate of drug-likeness (QED) is 0.778. The van der Waals surface area contributed by atoms with Crippen molar-refractivity contribution < 1.29 is 26.4 Å². The number of benzene rings is 2. The minimum atomic E-state index is -4.53. The van der Waals surface area contributed by atoms with Gasteiger partial charge >= 0.3 is 6.18 Å². The molecular formula is C19H21F3N2O3S. The second-order valence-corrected chi connectivity index (χ2v) is 8.23. The molecule has 0 aliphatic rings. The van der Waals surface area contributed by atoms with Crippen molar-refractivity contribution in [1.82, 2.24) is 0 Å². The molecule has 1 N–H and O–H groups in total. The number of hydrogen-bond donors (Lipinski definition) is 1. The Hall–Kier alpha value is -2.55. The fraction of sp³-hybridized carbons (Fsp3) is 0.316. The third kappa shape index (κ3) is 5.25. The number of halogens is 3. The summed E-state index contributed by atoms with van der Waals surface area (Å²) < 4.78 is 63.2. The number of alkyl halides is 3. The van der Waals surface area contributed by atoms with Gasteiger partial charge in [0, 0.05) is 5.69 Å². The fourth-order valence-corrected chi connectivity index (χ4v) is 3.58. The Morgan fingerprint density at radius 2 is 1.71 bits per heavy atom. The van der Waals surface area contributed by atoms with Crippen molar-refractivity contribution in [3.63, 3.8) is 0 Å². The Balaban J connectivity index is 2.28. The average molecular weight is 414 g/mol. The van der Waals surface area contributed by atoms with Crippen LogP contribution in [0.2, 0.25) is 0 Å². The molecule has 0 aliphatic heterocycles. The molecule has 0 aliphatic carbocycles. The second kappa shape index (κ2) is 8.22. The van der Waals surface area contributed by atoms with Crippen LogP contribution in [0.1, 0.15) is 23.6 Å². The predicted molar refractivity (Wildman–Crippen MR) is 103 cm³/mol. The van der Waals surface area contributed by atoms with E-state index < -0.39 is 34.2 Å². The minimum absolute atomic E-state index is 0.0221. The van der Waals surface area contributed by atoms with Crippen LogP contribution in [0.25, 0.3) is 0 Å². The molecule has 0 saturated heterocycles. The molecule has 1 amide bonds. The summed E-state index contributed by atoms with van der Waals surface area (Å²) in [5.41, 5.74) is 1.41. The van der Waals surface area contributed by atoms with E-state index in [9.17, 15) is 26.4 Å². The Morgan fingerprint density at radius 1 is 1.11 bits per heavy atom. The molecule has 2 aromatic carbocycles. The molecule has 0 bridgehead atoms. The summed E-state index contributed by atoms with van der Waals surface area (Å²) in [4.78, 5) is 12.5. The predicted octanol–water partition coefficient (Wildman–Crippen LogP) is 3.98. The molecule has 0 radical (unpaired) electrons. The lowest BCUT2D eigenvalue weighted by molar-refractivity contribution is -0.137. The first-order valence-electron chi connectivity index (χ1n) is 8.46. The summed E-state index contributed by atoms with van der Waals surface area (Å²) in [6.07, 6.45) is -2.97. The summed E-state index contributed by atoms with van der Waals surface area (Å²) in [7, 11) is -3.89. The molecule has 152 valence electrons. The van der Waals surface area contributed by atoms with Crippen LogP contribution in [0.15, 0.2) is 42.5 Å². The first kappa shape index (κ1) is 21.7. The summed E-state index contributed by atoms with van der Waals surface area (Å²) >= 11 is 0. The number of rotatable bonds is 6. The summed E-state index contributed by atoms with van der Waals surface area (Å²) in [6.45, 7) is 3.19. The number of carbonyl (C=O) groups is 1. The fourth-order valence-electron chi connectivity index (χ4n) is 2.73. The van der Waals surface area contributed by atoms with Gasteiger partial charge in [0.05, 0.1) is 17.5 Å². The third-order valence-electron chi connectivity index (χ3n) is 4.17. The maximum Gasteiger partial charge on any atom is 0.416 e. The highest BCUT2D eigenvalue weighted by Crippen LogP contribution is 2.31. The van der Waals surface area contributed by atoms with Crippen molar-refractivity contribution in [1.29, 1.82) is 0 Å². The highest BCUT2D eigenvalue weighted by molar-refractivity contribution is 7.92. The molecule has 9 heteroatoms. The molecule has 5 nitrogen and oxygen atoms in total. The zero-order valence-electron chi connectivity index (χ0n) is 15.7. The lowest BCUT2D eigenvalue weighted by atomic mass is 10.1. The van der Waals surface area contributed by atoms with Crippen molar-refractivity contribution >= 4 is 27.3 Å². The standard InChI is InChI=1S/C19H21F3N2O3S/c1-4-14-7-5-6-13(2)18(14)23-17(25)12-24(28(3,26)27)16-10-8-15(9-11-16)19(20,21)22/h5-11H,4,12H2,1-3H3,(H,23,25). The van der Waals surface area contributed by atoms with Crippen LogP contribution in [-0.2, 0) is 27.4 Å². The van der Waals surface area contributed by atoms with Gasteiger partial charge in [0.2, 0.25) is 15.9 Å². The summed E-state index contributed by atoms with van der Waals surface area (Å²) in [5.74, 6) is -0.589. The summed E-state index contributed by atoms with van der Waals surface area (Å²) in [5, 5.41) is 2.71. The van der Waals surface area contributed by atoms with E-state index in [-0.39, 0.29) is 5.69 Å². The maximum atomic E-state index is 12.7. The number of anilines is 2. The van der Waals surface area contributed by atoms with Gasteiger partial charge in [-0.1, -0.05) is 25.1 Å². The molecule has 2 rings (SSSR count). The van der Waals surface area contributed by atoms with Gasteiger partial charge in [0.1, 0.15) is 6.54 Å². The lowest BCUT2D eigenvalue weighted by Crippen LogP contribution is -2.37. The van der Waals surface area contributed by atoms with E-state index in [1.54, 1.807) is 0 Å². The molecule has 0 unspecified atom stereocenters. The molecule has 28 heavy (non-hydrogen) atoms. The third-order valence-corrected chi connectivity index (χ3v) is 5.32. The number of sulfonamides is 1. The zero-order chi connectivity index (χ0) is 21.1. The van der Waals surface area contributed by atoms with Gasteiger partial charge in [-0.15, -0.1) is 0 Å². The van der Waals surface area contributed by atoms with Gasteiger partial charge in [0.25, 0.3) is 0 Å². The largest absolute Gasteiger partial charge is 0.416 e. The van der Waals surface area contributed by atoms with Gasteiger partial charge in [-0.2, -0.15) is 13.2 Å². The van der Waals surface area contributed by atoms with Gasteiger partial charge in [0.15, 0.2) is 0 Å². The van der Waals surface area contributed by atoms with E-state index in [1.807, 2.05) is 32.0 Å². The van der Waals surface area contributed by atoms with Gasteiger partial charge in [-0.25, -0.2) is 8.42 Å². The molecule has 0 saturated carbocycles. The van der Waals surface area contributed by atoms with Gasteiger partial charge in [-0.05, 0) is 48.7 Å². The van der Waals surface area contributed by atoms with Crippen LogP contribution < -0.4 is 9.62 Å². The zero-order valence-corrected chi connectivity index (χ0v) is 16.5. The second-order valence-electron chi connectivity index (χ2n) is 6.33. The number of nitrogens with zero attached hydrogens (tertiary/aromatic N) is 1. The number of hydrogen-bond acceptors (Lipinski definition) is 3. The van der Waals surface area contributed by atoms with E-state index in [0.29, 0.717) is 12.1 Å². The van der Waals surface area contributed by atoms with Crippen LogP contribution in [0.4, 0.5) is 24.5 Å². The van der Waals surface area contributed by atoms with Crippen molar-refractivity contribution in [3.05, 3.63) is 59.2 Å². The molecule has 2 aromatic rings. The average Bonchev–Trinajstić information content (AvgIpc) is 2.60. The molecule has 0 heterocycles. The first-order chi connectivity index (χ1) is 12.9. The topological polar surface area (TPSA) is 66.5 Å². The van der Waals surface area contributed by atoms with Gasteiger partial charge < -0.3 is 5.32 Å². The molecule has 0 spiro atoms. The Morgan fingerprint density at radius 3 is 2.21 bits per heavy atom. The number of carbonyl (C=O) groups excluding carboxylic acids is 1. The highest BCUT2D eigenvalue weighted by atomic mass is 32.2. The van der Waals surface area contributed by atoms with E-state index in [2.05, 4.69) is 5.32 Å². The molecule has 0 atom stereocenters. The van der Waals surface area contributed by atoms with Crippen LogP contribution in [0.5, 0.6) is 0 Å². The maximum absolute atomic E-state index is 12.7. The number of nitrogens with one attached hydrogen (secondary N) is 1. The van der Waals surface area contributed by atoms with Crippen molar-refractivity contribution in [2.45, 2.75) is 26.4 Å². The van der Waals surface area contributed by atoms with Gasteiger partial charge in [-0.3, -0.25) is 9.10 Å². The Kier molecular flexibility index (Phi) is 6.38. The highest BCUT2D eigenvalue weighted by Gasteiger charge is 2.31. The normalized spacial score (nSPS) is 11.9. The first-order valence-corrected chi connectivity index (χ1v) is 10.3. The minimum Gasteiger partial charge on any atom is -0.324 e. The van der Waals surface area contributed by atoms with Crippen molar-refractivity contribution in [2.24, 2.45) is 0 Å². The van der Waals surface area contributed by atoms with Crippen LogP contribution >= 0.6 is 0 Å². The Bertz CT molecular complexity index is 955. The van der Waals surface area contributed by atoms with E-state index in [4.69, 9.17) is 0 Å². The van der Waals surface area contributed by atoms with Crippen LogP contribution in [0, 0.1) is 6.92 Å². The number of aryl methyl sites for hydroxylation is 2. The van der Waals surface area contributed by atoms with Crippen LogP contribution in [0.3, 0.4) is 0 Å². The Labute approximate surface area is 162 Å². The smallest absolute Gasteiger partial charge is 0.324 e. The number of para-hydroxylation sites is 1. The van der Waals surface area contributed by atoms with E-state index in [1.165, 1.54) is 0 Å². The SMILES string of the molecule is CCc1cccc(C)c1NC(=O)CN(c1ccc(C(F)(F)F)cc1)S(C)(=O)=O. The molecular weight excluding hydrogens is 393 g/mol. The van der Waals surface area contributed by atoms with Crippen molar-refractivity contribution in [2.75, 3.05) is 22.4 Å². The van der Waals surface area contributed by atoms with E-state index >= 15 is 0 Å².